The van der Waals surface area contributed by atoms with Crippen molar-refractivity contribution < 1.29 is 4.79 Å². The molecule has 0 aromatic heterocycles. The lowest BCUT2D eigenvalue weighted by molar-refractivity contribution is -0.131. The zero-order chi connectivity index (χ0) is 13.7. The molecule has 0 radical (unpaired) electrons. The lowest BCUT2D eigenvalue weighted by Crippen LogP contribution is -2.35. The van der Waals surface area contributed by atoms with Crippen molar-refractivity contribution in [2.75, 3.05) is 13.1 Å². The molecule has 3 heteroatoms. The predicted molar refractivity (Wildman–Crippen MR) is 76.1 cm³/mol. The molecule has 0 bridgehead atoms. The molecular weight excluding hydrogens is 236 g/mol. The molecule has 0 aliphatic heterocycles. The summed E-state index contributed by atoms with van der Waals surface area (Å²) in [5, 5.41) is 0. The van der Waals surface area contributed by atoms with Crippen LogP contribution >= 0.6 is 0 Å². The Kier molecular flexibility index (Phi) is 4.59. The molecule has 1 aromatic rings. The Bertz CT molecular complexity index is 459. The molecule has 2 rings (SSSR count). The van der Waals surface area contributed by atoms with Gasteiger partial charge >= 0.3 is 0 Å². The van der Waals surface area contributed by atoms with Crippen LogP contribution in [0.1, 0.15) is 30.9 Å². The summed E-state index contributed by atoms with van der Waals surface area (Å²) in [6.45, 7) is 1.17. The van der Waals surface area contributed by atoms with E-state index in [1.54, 1.807) is 4.90 Å². The Morgan fingerprint density at radius 2 is 2.11 bits per heavy atom. The summed E-state index contributed by atoms with van der Waals surface area (Å²) < 4.78 is 0. The van der Waals surface area contributed by atoms with Gasteiger partial charge in [0.25, 0.3) is 0 Å². The number of carbonyl (C=O) groups is 1. The van der Waals surface area contributed by atoms with Crippen LogP contribution in [-0.2, 0) is 4.79 Å². The smallest absolute Gasteiger partial charge is 0.225 e. The fraction of sp³-hybridized carbons (Fsp3) is 0.438. The van der Waals surface area contributed by atoms with Gasteiger partial charge in [-0.3, -0.25) is 4.79 Å². The van der Waals surface area contributed by atoms with E-state index in [4.69, 9.17) is 12.2 Å². The van der Waals surface area contributed by atoms with E-state index in [-0.39, 0.29) is 11.9 Å². The van der Waals surface area contributed by atoms with E-state index in [2.05, 4.69) is 5.92 Å². The van der Waals surface area contributed by atoms with Crippen molar-refractivity contribution in [3.05, 3.63) is 35.9 Å². The van der Waals surface area contributed by atoms with Crippen molar-refractivity contribution >= 4 is 5.91 Å². The summed E-state index contributed by atoms with van der Waals surface area (Å²) >= 11 is 0. The topological polar surface area (TPSA) is 46.3 Å². The lowest BCUT2D eigenvalue weighted by atomic mass is 10.0. The summed E-state index contributed by atoms with van der Waals surface area (Å²) in [6, 6.07) is 9.45. The first kappa shape index (κ1) is 13.6. The van der Waals surface area contributed by atoms with Crippen LogP contribution in [0.5, 0.6) is 0 Å². The number of hydrogen-bond acceptors (Lipinski definition) is 2. The van der Waals surface area contributed by atoms with Gasteiger partial charge in [0.15, 0.2) is 0 Å². The monoisotopic (exact) mass is 256 g/mol. The predicted octanol–water partition coefficient (Wildman–Crippen LogP) is 1.95. The first-order valence-corrected chi connectivity index (χ1v) is 6.72. The number of carbonyl (C=O) groups excluding carboxylic acids is 1. The number of hydrogen-bond donors (Lipinski definition) is 1. The first-order chi connectivity index (χ1) is 9.20. The molecule has 1 atom stereocenters. The van der Waals surface area contributed by atoms with Gasteiger partial charge in [-0.15, -0.1) is 6.42 Å². The van der Waals surface area contributed by atoms with E-state index in [0.29, 0.717) is 18.9 Å². The van der Waals surface area contributed by atoms with E-state index in [0.717, 1.165) is 12.1 Å². The standard InChI is InChI=1S/C16H20N2O/c1-2-10-18(12-13-8-9-13)16(19)11-15(17)14-6-4-3-5-7-14/h1,3-7,13,15H,8-12,17H2. The minimum absolute atomic E-state index is 0.0567. The van der Waals surface area contributed by atoms with Crippen molar-refractivity contribution in [1.82, 2.24) is 4.90 Å². The van der Waals surface area contributed by atoms with Crippen molar-refractivity contribution in [1.29, 1.82) is 0 Å². The molecule has 1 aromatic carbocycles. The van der Waals surface area contributed by atoms with Crippen LogP contribution in [0.15, 0.2) is 30.3 Å². The maximum atomic E-state index is 12.2. The van der Waals surface area contributed by atoms with Gasteiger partial charge in [-0.2, -0.15) is 0 Å². The third-order valence-electron chi connectivity index (χ3n) is 3.43. The minimum Gasteiger partial charge on any atom is -0.331 e. The normalized spacial score (nSPS) is 15.6. The van der Waals surface area contributed by atoms with Crippen LogP contribution in [-0.4, -0.2) is 23.9 Å². The van der Waals surface area contributed by atoms with Gasteiger partial charge in [-0.25, -0.2) is 0 Å². The van der Waals surface area contributed by atoms with E-state index in [1.807, 2.05) is 30.3 Å². The van der Waals surface area contributed by atoms with Crippen LogP contribution in [0.2, 0.25) is 0 Å². The molecule has 19 heavy (non-hydrogen) atoms. The van der Waals surface area contributed by atoms with E-state index in [9.17, 15) is 4.79 Å². The second-order valence-corrected chi connectivity index (χ2v) is 5.14. The quantitative estimate of drug-likeness (QED) is 0.791. The number of nitrogens with two attached hydrogens (primary N) is 1. The Labute approximate surface area is 114 Å². The number of benzene rings is 1. The summed E-state index contributed by atoms with van der Waals surface area (Å²) in [4.78, 5) is 14.0. The molecule has 3 nitrogen and oxygen atoms in total. The number of rotatable bonds is 6. The summed E-state index contributed by atoms with van der Waals surface area (Å²) in [6.07, 6.45) is 8.06. The van der Waals surface area contributed by atoms with Crippen molar-refractivity contribution in [2.45, 2.75) is 25.3 Å². The molecule has 2 N–H and O–H groups in total. The lowest BCUT2D eigenvalue weighted by Gasteiger charge is -2.22. The second kappa shape index (κ2) is 6.40. The third-order valence-corrected chi connectivity index (χ3v) is 3.43. The van der Waals surface area contributed by atoms with Crippen LogP contribution in [0.4, 0.5) is 0 Å². The van der Waals surface area contributed by atoms with E-state index < -0.39 is 0 Å². The summed E-state index contributed by atoms with van der Waals surface area (Å²) in [5.74, 6) is 3.26. The van der Waals surface area contributed by atoms with Gasteiger partial charge in [0.2, 0.25) is 5.91 Å². The summed E-state index contributed by atoms with van der Waals surface area (Å²) in [7, 11) is 0. The molecule has 0 spiro atoms. The zero-order valence-electron chi connectivity index (χ0n) is 11.1. The van der Waals surface area contributed by atoms with Gasteiger partial charge in [0.05, 0.1) is 6.54 Å². The highest BCUT2D eigenvalue weighted by Crippen LogP contribution is 2.30. The highest BCUT2D eigenvalue weighted by Gasteiger charge is 2.27. The van der Waals surface area contributed by atoms with Crippen LogP contribution in [0, 0.1) is 18.3 Å². The SMILES string of the molecule is C#CCN(CC1CC1)C(=O)CC(N)c1ccccc1. The maximum absolute atomic E-state index is 12.2. The molecule has 0 saturated heterocycles. The van der Waals surface area contributed by atoms with Crippen LogP contribution in [0.25, 0.3) is 0 Å². The Morgan fingerprint density at radius 1 is 1.42 bits per heavy atom. The zero-order valence-corrected chi connectivity index (χ0v) is 11.1. The van der Waals surface area contributed by atoms with Crippen LogP contribution < -0.4 is 5.73 Å². The van der Waals surface area contributed by atoms with E-state index >= 15 is 0 Å². The van der Waals surface area contributed by atoms with Crippen LogP contribution in [0.3, 0.4) is 0 Å². The van der Waals surface area contributed by atoms with Crippen molar-refractivity contribution in [3.8, 4) is 12.3 Å². The highest BCUT2D eigenvalue weighted by atomic mass is 16.2. The molecule has 1 aliphatic rings. The molecule has 1 amide bonds. The number of amides is 1. The Balaban J connectivity index is 1.92. The van der Waals surface area contributed by atoms with Gasteiger partial charge in [0.1, 0.15) is 0 Å². The largest absolute Gasteiger partial charge is 0.331 e. The molecule has 100 valence electrons. The Morgan fingerprint density at radius 3 is 2.68 bits per heavy atom. The average molecular weight is 256 g/mol. The van der Waals surface area contributed by atoms with Crippen molar-refractivity contribution in [2.24, 2.45) is 11.7 Å². The third kappa shape index (κ3) is 4.11. The molecule has 1 aliphatic carbocycles. The van der Waals surface area contributed by atoms with Crippen molar-refractivity contribution in [3.63, 3.8) is 0 Å². The number of nitrogens with zero attached hydrogens (tertiary/aromatic N) is 1. The highest BCUT2D eigenvalue weighted by molar-refractivity contribution is 5.77. The van der Waals surface area contributed by atoms with E-state index in [1.165, 1.54) is 12.8 Å². The molecular formula is C16H20N2O. The average Bonchev–Trinajstić information content (AvgIpc) is 3.23. The van der Waals surface area contributed by atoms with Gasteiger partial charge < -0.3 is 10.6 Å². The maximum Gasteiger partial charge on any atom is 0.225 e. The fourth-order valence-corrected chi connectivity index (χ4v) is 2.11. The number of terminal acetylenes is 1. The molecule has 0 heterocycles. The molecule has 1 fully saturated rings. The summed E-state index contributed by atoms with van der Waals surface area (Å²) in [5.41, 5.74) is 7.07. The Hall–Kier alpha value is -1.79. The first-order valence-electron chi connectivity index (χ1n) is 6.72. The molecule has 1 saturated carbocycles. The van der Waals surface area contributed by atoms with Gasteiger partial charge in [0, 0.05) is 19.0 Å². The minimum atomic E-state index is -0.256. The molecule has 1 unspecified atom stereocenters. The van der Waals surface area contributed by atoms with Gasteiger partial charge in [-0.05, 0) is 24.3 Å². The van der Waals surface area contributed by atoms with Gasteiger partial charge in [-0.1, -0.05) is 36.3 Å². The second-order valence-electron chi connectivity index (χ2n) is 5.14. The fourth-order valence-electron chi connectivity index (χ4n) is 2.11.